The first-order chi connectivity index (χ1) is 6.20. The van der Waals surface area contributed by atoms with Crippen molar-refractivity contribution in [1.82, 2.24) is 10.3 Å². The predicted octanol–water partition coefficient (Wildman–Crippen LogP) is 0.871. The van der Waals surface area contributed by atoms with Gasteiger partial charge in [-0.3, -0.25) is 0 Å². The van der Waals surface area contributed by atoms with E-state index >= 15 is 0 Å². The summed E-state index contributed by atoms with van der Waals surface area (Å²) in [5.41, 5.74) is 8.54. The van der Waals surface area contributed by atoms with E-state index in [1.807, 2.05) is 25.1 Å². The minimum Gasteiger partial charge on any atom is -0.397 e. The first-order valence-corrected chi connectivity index (χ1v) is 3.88. The number of anilines is 2. The van der Waals surface area contributed by atoms with Crippen molar-refractivity contribution in [2.24, 2.45) is 0 Å². The van der Waals surface area contributed by atoms with Gasteiger partial charge in [0.25, 0.3) is 0 Å². The predicted molar refractivity (Wildman–Crippen MR) is 50.5 cm³/mol. The zero-order chi connectivity index (χ0) is 9.42. The average molecular weight is 178 g/mol. The van der Waals surface area contributed by atoms with Crippen LogP contribution in [0, 0.1) is 0 Å². The Labute approximate surface area is 75.1 Å². The SMILES string of the molecule is CN(C)c1ccc(N)c2nonc12. The molecular formula is C8H10N4O. The first-order valence-electron chi connectivity index (χ1n) is 3.88. The highest BCUT2D eigenvalue weighted by Gasteiger charge is 2.10. The number of nitrogens with zero attached hydrogens (tertiary/aromatic N) is 3. The zero-order valence-corrected chi connectivity index (χ0v) is 7.48. The van der Waals surface area contributed by atoms with Crippen LogP contribution in [0.15, 0.2) is 16.8 Å². The Morgan fingerprint density at radius 2 is 1.92 bits per heavy atom. The zero-order valence-electron chi connectivity index (χ0n) is 7.48. The van der Waals surface area contributed by atoms with E-state index in [2.05, 4.69) is 14.9 Å². The molecule has 5 nitrogen and oxygen atoms in total. The molecule has 0 aliphatic heterocycles. The Morgan fingerprint density at radius 1 is 1.23 bits per heavy atom. The standard InChI is InChI=1S/C8H10N4O/c1-12(2)6-4-3-5(9)7-8(6)11-13-10-7/h3-4H,9H2,1-2H3. The second-order valence-electron chi connectivity index (χ2n) is 3.03. The summed E-state index contributed by atoms with van der Waals surface area (Å²) in [6.07, 6.45) is 0. The molecule has 0 saturated carbocycles. The number of aromatic nitrogens is 2. The molecule has 1 aromatic carbocycles. The number of nitrogens with two attached hydrogens (primary N) is 1. The molecule has 0 bridgehead atoms. The van der Waals surface area contributed by atoms with Gasteiger partial charge in [0.05, 0.1) is 11.4 Å². The molecule has 1 heterocycles. The lowest BCUT2D eigenvalue weighted by Crippen LogP contribution is -2.09. The molecule has 0 fully saturated rings. The van der Waals surface area contributed by atoms with Crippen molar-refractivity contribution < 1.29 is 4.63 Å². The Kier molecular flexibility index (Phi) is 1.58. The second-order valence-corrected chi connectivity index (χ2v) is 3.03. The number of hydrogen-bond acceptors (Lipinski definition) is 5. The molecule has 0 spiro atoms. The van der Waals surface area contributed by atoms with Gasteiger partial charge >= 0.3 is 0 Å². The second kappa shape index (κ2) is 2.62. The molecule has 0 amide bonds. The van der Waals surface area contributed by atoms with Crippen molar-refractivity contribution in [3.63, 3.8) is 0 Å². The third-order valence-electron chi connectivity index (χ3n) is 1.91. The molecule has 5 heteroatoms. The van der Waals surface area contributed by atoms with Gasteiger partial charge in [-0.15, -0.1) is 0 Å². The topological polar surface area (TPSA) is 68.2 Å². The van der Waals surface area contributed by atoms with Gasteiger partial charge in [-0.25, -0.2) is 4.63 Å². The average Bonchev–Trinajstić information content (AvgIpc) is 2.53. The van der Waals surface area contributed by atoms with Crippen LogP contribution in [0.5, 0.6) is 0 Å². The highest BCUT2D eigenvalue weighted by atomic mass is 16.6. The summed E-state index contributed by atoms with van der Waals surface area (Å²) in [6.45, 7) is 0. The van der Waals surface area contributed by atoms with E-state index in [1.165, 1.54) is 0 Å². The Morgan fingerprint density at radius 3 is 2.62 bits per heavy atom. The molecule has 68 valence electrons. The van der Waals surface area contributed by atoms with Crippen LogP contribution in [0.25, 0.3) is 11.0 Å². The molecule has 0 aliphatic carbocycles. The van der Waals surface area contributed by atoms with E-state index in [4.69, 9.17) is 5.73 Å². The molecule has 1 aromatic heterocycles. The Bertz CT molecular complexity index is 435. The normalized spacial score (nSPS) is 10.6. The van der Waals surface area contributed by atoms with Gasteiger partial charge in [0.2, 0.25) is 0 Å². The monoisotopic (exact) mass is 178 g/mol. The van der Waals surface area contributed by atoms with E-state index in [9.17, 15) is 0 Å². The maximum atomic E-state index is 5.69. The number of benzene rings is 1. The van der Waals surface area contributed by atoms with E-state index in [0.29, 0.717) is 16.7 Å². The fraction of sp³-hybridized carbons (Fsp3) is 0.250. The Hall–Kier alpha value is -1.78. The summed E-state index contributed by atoms with van der Waals surface area (Å²) in [5.74, 6) is 0. The summed E-state index contributed by atoms with van der Waals surface area (Å²) >= 11 is 0. The van der Waals surface area contributed by atoms with Crippen LogP contribution in [0.2, 0.25) is 0 Å². The first kappa shape index (κ1) is 7.85. The fourth-order valence-electron chi connectivity index (χ4n) is 1.23. The maximum Gasteiger partial charge on any atom is 0.160 e. The fourth-order valence-corrected chi connectivity index (χ4v) is 1.23. The van der Waals surface area contributed by atoms with E-state index < -0.39 is 0 Å². The summed E-state index contributed by atoms with van der Waals surface area (Å²) in [5, 5.41) is 7.52. The third-order valence-corrected chi connectivity index (χ3v) is 1.91. The molecule has 0 radical (unpaired) electrons. The van der Waals surface area contributed by atoms with Gasteiger partial charge in [-0.05, 0) is 22.4 Å². The van der Waals surface area contributed by atoms with Crippen molar-refractivity contribution in [1.29, 1.82) is 0 Å². The van der Waals surface area contributed by atoms with Crippen molar-refractivity contribution >= 4 is 22.4 Å². The highest BCUT2D eigenvalue weighted by Crippen LogP contribution is 2.26. The molecule has 0 atom stereocenters. The molecule has 2 N–H and O–H groups in total. The van der Waals surface area contributed by atoms with Gasteiger partial charge in [0.1, 0.15) is 0 Å². The minimum atomic E-state index is 0.585. The lowest BCUT2D eigenvalue weighted by Gasteiger charge is -2.11. The van der Waals surface area contributed by atoms with Crippen LogP contribution in [0.1, 0.15) is 0 Å². The lowest BCUT2D eigenvalue weighted by molar-refractivity contribution is 0.315. The van der Waals surface area contributed by atoms with Crippen molar-refractivity contribution in [2.45, 2.75) is 0 Å². The number of nitrogen functional groups attached to an aromatic ring is 1. The highest BCUT2D eigenvalue weighted by molar-refractivity contribution is 5.95. The summed E-state index contributed by atoms with van der Waals surface area (Å²) in [4.78, 5) is 1.94. The molecule has 0 unspecified atom stereocenters. The molecule has 2 rings (SSSR count). The lowest BCUT2D eigenvalue weighted by atomic mass is 10.2. The van der Waals surface area contributed by atoms with E-state index in [-0.39, 0.29) is 0 Å². The van der Waals surface area contributed by atoms with Crippen molar-refractivity contribution in [2.75, 3.05) is 24.7 Å². The molecule has 0 saturated heterocycles. The molecule has 2 aromatic rings. The number of fused-ring (bicyclic) bond motifs is 1. The van der Waals surface area contributed by atoms with Gasteiger partial charge in [-0.2, -0.15) is 0 Å². The third kappa shape index (κ3) is 1.09. The Balaban J connectivity index is 2.78. The molecular weight excluding hydrogens is 168 g/mol. The van der Waals surface area contributed by atoms with Gasteiger partial charge in [0.15, 0.2) is 11.0 Å². The summed E-state index contributed by atoms with van der Waals surface area (Å²) in [7, 11) is 3.86. The van der Waals surface area contributed by atoms with Crippen molar-refractivity contribution in [3.8, 4) is 0 Å². The molecule has 13 heavy (non-hydrogen) atoms. The maximum absolute atomic E-state index is 5.69. The summed E-state index contributed by atoms with van der Waals surface area (Å²) < 4.78 is 4.63. The van der Waals surface area contributed by atoms with Gasteiger partial charge in [0, 0.05) is 14.1 Å². The van der Waals surface area contributed by atoms with Crippen LogP contribution < -0.4 is 10.6 Å². The quantitative estimate of drug-likeness (QED) is 0.656. The van der Waals surface area contributed by atoms with Crippen LogP contribution in [-0.2, 0) is 0 Å². The van der Waals surface area contributed by atoms with Crippen LogP contribution in [0.4, 0.5) is 11.4 Å². The van der Waals surface area contributed by atoms with Crippen LogP contribution >= 0.6 is 0 Å². The van der Waals surface area contributed by atoms with Crippen LogP contribution in [0.3, 0.4) is 0 Å². The minimum absolute atomic E-state index is 0.585. The number of hydrogen-bond donors (Lipinski definition) is 1. The van der Waals surface area contributed by atoms with E-state index in [0.717, 1.165) is 5.69 Å². The largest absolute Gasteiger partial charge is 0.397 e. The smallest absolute Gasteiger partial charge is 0.160 e. The van der Waals surface area contributed by atoms with Crippen LogP contribution in [-0.4, -0.2) is 24.4 Å². The molecule has 0 aliphatic rings. The van der Waals surface area contributed by atoms with E-state index in [1.54, 1.807) is 6.07 Å². The van der Waals surface area contributed by atoms with Crippen molar-refractivity contribution in [3.05, 3.63) is 12.1 Å². The van der Waals surface area contributed by atoms with Gasteiger partial charge in [-0.1, -0.05) is 0 Å². The summed E-state index contributed by atoms with van der Waals surface area (Å²) in [6, 6.07) is 3.68. The van der Waals surface area contributed by atoms with Gasteiger partial charge < -0.3 is 10.6 Å². The number of rotatable bonds is 1.